The van der Waals surface area contributed by atoms with Gasteiger partial charge in [-0.3, -0.25) is 4.79 Å². The molecule has 2 heterocycles. The Bertz CT molecular complexity index is 1040. The van der Waals surface area contributed by atoms with Crippen molar-refractivity contribution in [3.63, 3.8) is 0 Å². The van der Waals surface area contributed by atoms with Gasteiger partial charge in [0.1, 0.15) is 33.3 Å². The molecule has 3 atom stereocenters. The SMILES string of the molecule is COCCOCO[C@@H]1[C@H]2CON=C2C2(C[C@]1(C#C/C=C\C#C[Si](C(C)C)(C(C)C)C(C)C)OC(C)=O)OCCO2. The van der Waals surface area contributed by atoms with Crippen LogP contribution in [0.2, 0.25) is 16.6 Å². The minimum absolute atomic E-state index is 0.0507. The lowest BCUT2D eigenvalue weighted by Crippen LogP contribution is -2.65. The fourth-order valence-corrected chi connectivity index (χ4v) is 11.6. The Morgan fingerprint density at radius 3 is 2.33 bits per heavy atom. The van der Waals surface area contributed by atoms with Gasteiger partial charge in [-0.25, -0.2) is 0 Å². The molecule has 0 unspecified atom stereocenters. The van der Waals surface area contributed by atoms with E-state index in [1.54, 1.807) is 19.3 Å². The monoisotopic (exact) mass is 575 g/mol. The molecule has 1 saturated heterocycles. The van der Waals surface area contributed by atoms with Crippen molar-refractivity contribution in [2.24, 2.45) is 11.1 Å². The van der Waals surface area contributed by atoms with Crippen LogP contribution in [0.25, 0.3) is 0 Å². The maximum Gasteiger partial charge on any atom is 0.304 e. The summed E-state index contributed by atoms with van der Waals surface area (Å²) in [5.41, 5.74) is 4.44. The Hall–Kier alpha value is -2.18. The van der Waals surface area contributed by atoms with Crippen LogP contribution in [-0.4, -0.2) is 84.2 Å². The third-order valence-electron chi connectivity index (χ3n) is 8.01. The predicted molar refractivity (Wildman–Crippen MR) is 154 cm³/mol. The number of methoxy groups -OCH3 is 1. The van der Waals surface area contributed by atoms with Gasteiger partial charge in [-0.15, -0.1) is 5.54 Å². The van der Waals surface area contributed by atoms with Crippen LogP contribution in [-0.2, 0) is 38.1 Å². The molecule has 0 amide bonds. The molecule has 9 nitrogen and oxygen atoms in total. The van der Waals surface area contributed by atoms with Gasteiger partial charge in [0.15, 0.2) is 0 Å². The summed E-state index contributed by atoms with van der Waals surface area (Å²) in [6.07, 6.45) is 2.83. The summed E-state index contributed by atoms with van der Waals surface area (Å²) in [5, 5.41) is 4.24. The number of ether oxygens (including phenoxy) is 6. The molecule has 0 bridgehead atoms. The van der Waals surface area contributed by atoms with Crippen molar-refractivity contribution in [2.45, 2.75) is 89.0 Å². The Labute approximate surface area is 240 Å². The number of allylic oxidation sites excluding steroid dienone is 2. The van der Waals surface area contributed by atoms with Crippen LogP contribution < -0.4 is 0 Å². The highest BCUT2D eigenvalue weighted by atomic mass is 28.3. The first-order valence-corrected chi connectivity index (χ1v) is 16.3. The van der Waals surface area contributed by atoms with Gasteiger partial charge < -0.3 is 33.3 Å². The highest BCUT2D eigenvalue weighted by Gasteiger charge is 2.65. The molecule has 0 aromatic carbocycles. The minimum Gasteiger partial charge on any atom is -0.443 e. The van der Waals surface area contributed by atoms with Crippen molar-refractivity contribution in [2.75, 3.05) is 46.9 Å². The maximum absolute atomic E-state index is 12.4. The van der Waals surface area contributed by atoms with Crippen LogP contribution in [0.4, 0.5) is 0 Å². The molecule has 3 rings (SSSR count). The quantitative estimate of drug-likeness (QED) is 0.126. The molecule has 1 saturated carbocycles. The van der Waals surface area contributed by atoms with Gasteiger partial charge in [-0.2, -0.15) is 0 Å². The number of rotatable bonds is 10. The Morgan fingerprint density at radius 1 is 1.07 bits per heavy atom. The second-order valence-corrected chi connectivity index (χ2v) is 16.9. The number of hydrogen-bond acceptors (Lipinski definition) is 9. The summed E-state index contributed by atoms with van der Waals surface area (Å²) < 4.78 is 34.9. The number of nitrogens with zero attached hydrogens (tertiary/aromatic N) is 1. The van der Waals surface area contributed by atoms with Crippen molar-refractivity contribution in [3.8, 4) is 23.3 Å². The van der Waals surface area contributed by atoms with Crippen LogP contribution in [0.1, 0.15) is 54.9 Å². The summed E-state index contributed by atoms with van der Waals surface area (Å²) in [6.45, 7) is 16.7. The third-order valence-corrected chi connectivity index (χ3v) is 14.3. The average Bonchev–Trinajstić information content (AvgIpc) is 3.55. The van der Waals surface area contributed by atoms with Crippen LogP contribution in [0.15, 0.2) is 17.3 Å². The number of hydrogen-bond donors (Lipinski definition) is 0. The topological polar surface area (TPSA) is 94.0 Å². The first-order valence-electron chi connectivity index (χ1n) is 14.1. The number of esters is 1. The Kier molecular flexibility index (Phi) is 11.4. The highest BCUT2D eigenvalue weighted by molar-refractivity contribution is 6.90. The lowest BCUT2D eigenvalue weighted by Gasteiger charge is -2.47. The van der Waals surface area contributed by atoms with Crippen molar-refractivity contribution < 1.29 is 38.1 Å². The molecule has 0 aromatic rings. The molecule has 0 N–H and O–H groups in total. The lowest BCUT2D eigenvalue weighted by molar-refractivity contribution is -0.224. The summed E-state index contributed by atoms with van der Waals surface area (Å²) in [4.78, 5) is 17.9. The van der Waals surface area contributed by atoms with Gasteiger partial charge in [-0.1, -0.05) is 58.5 Å². The van der Waals surface area contributed by atoms with Crippen LogP contribution in [0.3, 0.4) is 0 Å². The zero-order valence-electron chi connectivity index (χ0n) is 25.2. The summed E-state index contributed by atoms with van der Waals surface area (Å²) >= 11 is 0. The molecule has 40 heavy (non-hydrogen) atoms. The molecular formula is C30H45NO8Si. The number of fused-ring (bicyclic) bond motifs is 2. The molecule has 1 spiro atoms. The van der Waals surface area contributed by atoms with E-state index in [-0.39, 0.29) is 19.8 Å². The molecule has 0 radical (unpaired) electrons. The van der Waals surface area contributed by atoms with E-state index in [0.717, 1.165) is 0 Å². The molecule has 222 valence electrons. The first kappa shape index (κ1) is 32.3. The third kappa shape index (κ3) is 6.82. The van der Waals surface area contributed by atoms with Gasteiger partial charge >= 0.3 is 5.97 Å². The van der Waals surface area contributed by atoms with Gasteiger partial charge in [0.05, 0.1) is 38.8 Å². The van der Waals surface area contributed by atoms with E-state index >= 15 is 0 Å². The normalized spacial score (nSPS) is 25.4. The number of oxime groups is 1. The molecule has 0 aromatic heterocycles. The largest absolute Gasteiger partial charge is 0.443 e. The molecule has 10 heteroatoms. The molecule has 2 fully saturated rings. The van der Waals surface area contributed by atoms with E-state index in [2.05, 4.69) is 70.0 Å². The van der Waals surface area contributed by atoms with Crippen molar-refractivity contribution in [1.29, 1.82) is 0 Å². The zero-order chi connectivity index (χ0) is 29.4. The second-order valence-electron chi connectivity index (χ2n) is 11.4. The van der Waals surface area contributed by atoms with E-state index in [4.69, 9.17) is 33.3 Å². The average molecular weight is 576 g/mol. The first-order chi connectivity index (χ1) is 19.0. The summed E-state index contributed by atoms with van der Waals surface area (Å²) in [6, 6.07) is 0. The maximum atomic E-state index is 12.4. The summed E-state index contributed by atoms with van der Waals surface area (Å²) in [7, 11) is -0.264. The van der Waals surface area contributed by atoms with Gasteiger partial charge in [0.25, 0.3) is 0 Å². The van der Waals surface area contributed by atoms with Gasteiger partial charge in [-0.05, 0) is 34.7 Å². The van der Waals surface area contributed by atoms with Crippen molar-refractivity contribution >= 4 is 19.8 Å². The molecule has 1 aliphatic carbocycles. The van der Waals surface area contributed by atoms with E-state index in [1.165, 1.54) is 6.92 Å². The van der Waals surface area contributed by atoms with E-state index < -0.39 is 37.5 Å². The zero-order valence-corrected chi connectivity index (χ0v) is 26.2. The highest BCUT2D eigenvalue weighted by Crippen LogP contribution is 2.47. The fraction of sp³-hybridized carbons (Fsp3) is 0.733. The van der Waals surface area contributed by atoms with Crippen molar-refractivity contribution in [1.82, 2.24) is 0 Å². The molecule has 2 aliphatic heterocycles. The molecule has 3 aliphatic rings. The minimum atomic E-state index is -1.86. The van der Waals surface area contributed by atoms with Crippen molar-refractivity contribution in [3.05, 3.63) is 12.2 Å². The van der Waals surface area contributed by atoms with E-state index in [1.807, 2.05) is 0 Å². The van der Waals surface area contributed by atoms with E-state index in [0.29, 0.717) is 48.8 Å². The molecular weight excluding hydrogens is 530 g/mol. The van der Waals surface area contributed by atoms with E-state index in [9.17, 15) is 4.79 Å². The van der Waals surface area contributed by atoms with Crippen LogP contribution in [0, 0.1) is 29.2 Å². The smallest absolute Gasteiger partial charge is 0.304 e. The Balaban J connectivity index is 1.96. The fourth-order valence-electron chi connectivity index (χ4n) is 6.39. The Morgan fingerprint density at radius 2 is 1.73 bits per heavy atom. The second kappa shape index (κ2) is 14.1. The van der Waals surface area contributed by atoms with Gasteiger partial charge in [0, 0.05) is 14.0 Å². The van der Waals surface area contributed by atoms with Crippen LogP contribution >= 0.6 is 0 Å². The standard InChI is InChI=1S/C30H45NO8Si/c1-22(2)40(23(3)4,24(5)6)18-12-10-9-11-13-29(39-25(7)32)20-30(36-16-17-37-30)27-26(19-38-31-27)28(29)35-21-34-15-14-33-8/h9-10,22-24,26,28H,14-17,19-21H2,1-8H3/b10-9-/t26-,28+,29-/m0/s1. The number of carbonyl (C=O) groups is 1. The predicted octanol–water partition coefficient (Wildman–Crippen LogP) is 4.22. The lowest BCUT2D eigenvalue weighted by atomic mass is 9.71. The number of carbonyl (C=O) groups excluding carboxylic acids is 1. The van der Waals surface area contributed by atoms with Gasteiger partial charge in [0.2, 0.25) is 11.4 Å². The van der Waals surface area contributed by atoms with Crippen LogP contribution in [0.5, 0.6) is 0 Å². The summed E-state index contributed by atoms with van der Waals surface area (Å²) in [5.74, 6) is 7.43.